The molecule has 2 aromatic carbocycles. The summed E-state index contributed by atoms with van der Waals surface area (Å²) < 4.78 is 0. The first-order valence-corrected chi connectivity index (χ1v) is 16.1. The number of aryl methyl sites for hydroxylation is 1. The van der Waals surface area contributed by atoms with Gasteiger partial charge in [-0.05, 0) is 86.9 Å². The van der Waals surface area contributed by atoms with Crippen molar-refractivity contribution in [3.05, 3.63) is 102 Å². The molecule has 3 rings (SSSR count). The predicted octanol–water partition coefficient (Wildman–Crippen LogP) is 9.04. The van der Waals surface area contributed by atoms with Gasteiger partial charge in [0.15, 0.2) is 0 Å². The number of fused-ring (bicyclic) bond motifs is 1. The highest BCUT2D eigenvalue weighted by molar-refractivity contribution is 7.54. The second-order valence-corrected chi connectivity index (χ2v) is 12.3. The van der Waals surface area contributed by atoms with E-state index in [1.165, 1.54) is 40.2 Å². The van der Waals surface area contributed by atoms with E-state index in [1.54, 1.807) is 0 Å². The van der Waals surface area contributed by atoms with Crippen LogP contribution in [0.5, 0.6) is 0 Å². The van der Waals surface area contributed by atoms with Crippen LogP contribution in [-0.4, -0.2) is 24.2 Å². The molecule has 1 aromatic heterocycles. The van der Waals surface area contributed by atoms with Crippen LogP contribution in [0.1, 0.15) is 70.6 Å². The van der Waals surface area contributed by atoms with E-state index in [4.69, 9.17) is 0 Å². The quantitative estimate of drug-likeness (QED) is 0.117. The van der Waals surface area contributed by atoms with E-state index in [0.717, 1.165) is 56.4 Å². The van der Waals surface area contributed by atoms with E-state index in [9.17, 15) is 0 Å². The second-order valence-electron chi connectivity index (χ2n) is 10.1. The zero-order valence-corrected chi connectivity index (χ0v) is 25.4. The Bertz CT molecular complexity index is 1090. The van der Waals surface area contributed by atoms with Gasteiger partial charge in [0.2, 0.25) is 0 Å². The van der Waals surface area contributed by atoms with Crippen LogP contribution in [0, 0.1) is 5.92 Å². The Morgan fingerprint density at radius 2 is 1.79 bits per heavy atom. The Kier molecular flexibility index (Phi) is 15.6. The molecule has 0 amide bonds. The standard InChI is InChI=1S/C29H38N3P.C5H12/c1-4-17-32-33(23-26-10-8-7-9-11-26)20-16-25(6-3)22-30-18-14-27-15-19-31-29-13-12-24(5-2)21-28(27)29;1-4-5(2)3/h4,7-13,15,19,21-22,30,32H,1,5-6,14,16-18,20,23H2,2-3H3;5H,4H2,1-3H3/b25-22+;. The van der Waals surface area contributed by atoms with Crippen LogP contribution in [0.2, 0.25) is 0 Å². The molecule has 3 aromatic rings. The monoisotopic (exact) mass is 531 g/mol. The molecule has 0 saturated heterocycles. The molecule has 4 heteroatoms. The Hall–Kier alpha value is -2.48. The van der Waals surface area contributed by atoms with Gasteiger partial charge in [0, 0.05) is 30.8 Å². The molecule has 0 fully saturated rings. The molecule has 0 bridgehead atoms. The Morgan fingerprint density at radius 3 is 2.45 bits per heavy atom. The van der Waals surface area contributed by atoms with E-state index in [2.05, 4.69) is 117 Å². The molecule has 38 heavy (non-hydrogen) atoms. The van der Waals surface area contributed by atoms with E-state index in [1.807, 2.05) is 12.3 Å². The summed E-state index contributed by atoms with van der Waals surface area (Å²) in [5.74, 6) is 0.884. The van der Waals surface area contributed by atoms with Gasteiger partial charge < -0.3 is 5.32 Å². The number of hydrogen-bond acceptors (Lipinski definition) is 3. The summed E-state index contributed by atoms with van der Waals surface area (Å²) >= 11 is 0. The molecule has 1 heterocycles. The van der Waals surface area contributed by atoms with Crippen molar-refractivity contribution in [1.29, 1.82) is 0 Å². The molecular formula is C34H50N3P. The van der Waals surface area contributed by atoms with Gasteiger partial charge in [-0.3, -0.25) is 10.1 Å². The molecule has 0 saturated carbocycles. The molecule has 0 aliphatic carbocycles. The highest BCUT2D eigenvalue weighted by Crippen LogP contribution is 2.37. The van der Waals surface area contributed by atoms with Crippen LogP contribution in [0.25, 0.3) is 10.9 Å². The molecule has 2 N–H and O–H groups in total. The van der Waals surface area contributed by atoms with E-state index < -0.39 is 0 Å². The number of hydrogen-bond donors (Lipinski definition) is 2. The average Bonchev–Trinajstić information content (AvgIpc) is 2.95. The first-order chi connectivity index (χ1) is 18.5. The van der Waals surface area contributed by atoms with Gasteiger partial charge in [0.05, 0.1) is 5.52 Å². The van der Waals surface area contributed by atoms with Crippen LogP contribution >= 0.6 is 8.07 Å². The lowest BCUT2D eigenvalue weighted by molar-refractivity contribution is 0.626. The smallest absolute Gasteiger partial charge is 0.0704 e. The number of nitrogens with one attached hydrogen (secondary N) is 2. The summed E-state index contributed by atoms with van der Waals surface area (Å²) in [6, 6.07) is 19.6. The van der Waals surface area contributed by atoms with Crippen molar-refractivity contribution < 1.29 is 0 Å². The van der Waals surface area contributed by atoms with E-state index in [0.29, 0.717) is 0 Å². The van der Waals surface area contributed by atoms with E-state index in [-0.39, 0.29) is 8.07 Å². The van der Waals surface area contributed by atoms with Crippen molar-refractivity contribution in [2.75, 3.05) is 19.3 Å². The zero-order chi connectivity index (χ0) is 27.6. The Morgan fingerprint density at radius 1 is 1.03 bits per heavy atom. The fraction of sp³-hybridized carbons (Fsp3) is 0.441. The zero-order valence-electron chi connectivity index (χ0n) is 24.5. The molecule has 0 aliphatic heterocycles. The summed E-state index contributed by atoms with van der Waals surface area (Å²) in [7, 11) is -0.257. The van der Waals surface area contributed by atoms with Crippen LogP contribution < -0.4 is 10.4 Å². The summed E-state index contributed by atoms with van der Waals surface area (Å²) in [6.45, 7) is 16.8. The third-order valence-electron chi connectivity index (χ3n) is 6.80. The molecule has 1 unspecified atom stereocenters. The minimum atomic E-state index is -0.257. The lowest BCUT2D eigenvalue weighted by atomic mass is 10.0. The SMILES string of the molecule is C=CCNP(CC/C(=C/NCCc1ccnc2ccc(CC)cc12)CC)Cc1ccccc1.CCC(C)C. The maximum atomic E-state index is 4.54. The summed E-state index contributed by atoms with van der Waals surface area (Å²) in [5.41, 5.74) is 6.73. The van der Waals surface area contributed by atoms with Gasteiger partial charge in [-0.25, -0.2) is 0 Å². The number of pyridine rings is 1. The number of nitrogens with zero attached hydrogens (tertiary/aromatic N) is 1. The molecule has 206 valence electrons. The van der Waals surface area contributed by atoms with Crippen LogP contribution in [0.4, 0.5) is 0 Å². The van der Waals surface area contributed by atoms with Gasteiger partial charge >= 0.3 is 0 Å². The highest BCUT2D eigenvalue weighted by Gasteiger charge is 2.09. The Labute approximate surface area is 234 Å². The molecule has 0 radical (unpaired) electrons. The minimum absolute atomic E-state index is 0.257. The van der Waals surface area contributed by atoms with Crippen molar-refractivity contribution in [3.8, 4) is 0 Å². The molecule has 0 spiro atoms. The largest absolute Gasteiger partial charge is 0.391 e. The minimum Gasteiger partial charge on any atom is -0.391 e. The van der Waals surface area contributed by atoms with Crippen LogP contribution in [0.15, 0.2) is 85.2 Å². The van der Waals surface area contributed by atoms with Crippen molar-refractivity contribution in [2.45, 2.75) is 72.9 Å². The number of allylic oxidation sites excluding steroid dienone is 1. The first-order valence-electron chi connectivity index (χ1n) is 14.4. The molecular weight excluding hydrogens is 481 g/mol. The number of aromatic nitrogens is 1. The van der Waals surface area contributed by atoms with Gasteiger partial charge in [0.25, 0.3) is 0 Å². The van der Waals surface area contributed by atoms with Crippen LogP contribution in [0.3, 0.4) is 0 Å². The van der Waals surface area contributed by atoms with Gasteiger partial charge in [-0.2, -0.15) is 0 Å². The maximum absolute atomic E-state index is 4.54. The van der Waals surface area contributed by atoms with Crippen molar-refractivity contribution in [3.63, 3.8) is 0 Å². The maximum Gasteiger partial charge on any atom is 0.0704 e. The fourth-order valence-corrected chi connectivity index (χ4v) is 5.98. The fourth-order valence-electron chi connectivity index (χ4n) is 3.95. The molecule has 1 atom stereocenters. The lowest BCUT2D eigenvalue weighted by Gasteiger charge is -2.19. The molecule has 3 nitrogen and oxygen atoms in total. The van der Waals surface area contributed by atoms with E-state index >= 15 is 0 Å². The number of benzene rings is 2. The van der Waals surface area contributed by atoms with Crippen molar-refractivity contribution in [1.82, 2.24) is 15.4 Å². The van der Waals surface area contributed by atoms with Crippen molar-refractivity contribution >= 4 is 19.0 Å². The predicted molar refractivity (Wildman–Crippen MR) is 171 cm³/mol. The van der Waals surface area contributed by atoms with Gasteiger partial charge in [0.1, 0.15) is 0 Å². The second kappa shape index (κ2) is 18.7. The first kappa shape index (κ1) is 31.7. The lowest BCUT2D eigenvalue weighted by Crippen LogP contribution is -2.13. The van der Waals surface area contributed by atoms with Gasteiger partial charge in [-0.15, -0.1) is 6.58 Å². The highest BCUT2D eigenvalue weighted by atomic mass is 31.1. The average molecular weight is 532 g/mol. The third-order valence-corrected chi connectivity index (χ3v) is 8.94. The van der Waals surface area contributed by atoms with Crippen molar-refractivity contribution in [2.24, 2.45) is 5.92 Å². The van der Waals surface area contributed by atoms with Gasteiger partial charge in [-0.1, -0.05) is 89.1 Å². The third kappa shape index (κ3) is 11.9. The number of rotatable bonds is 15. The summed E-state index contributed by atoms with van der Waals surface area (Å²) in [4.78, 5) is 4.54. The summed E-state index contributed by atoms with van der Waals surface area (Å²) in [5, 5.41) is 8.58. The summed E-state index contributed by atoms with van der Waals surface area (Å²) in [6.07, 6.45) is 14.0. The normalized spacial score (nSPS) is 12.2. The molecule has 0 aliphatic rings. The van der Waals surface area contributed by atoms with Crippen LogP contribution in [-0.2, 0) is 19.0 Å². The Balaban J connectivity index is 0.000000926. The topological polar surface area (TPSA) is 37.0 Å².